The van der Waals surface area contributed by atoms with Gasteiger partial charge in [-0.25, -0.2) is 0 Å². The lowest BCUT2D eigenvalue weighted by Crippen LogP contribution is -2.56. The summed E-state index contributed by atoms with van der Waals surface area (Å²) in [6.45, 7) is 4.44. The first-order chi connectivity index (χ1) is 8.65. The number of nitrogens with one attached hydrogen (secondary N) is 1. The Morgan fingerprint density at radius 2 is 2.17 bits per heavy atom. The highest BCUT2D eigenvalue weighted by Gasteiger charge is 2.36. The quantitative estimate of drug-likeness (QED) is 0.890. The molecule has 0 radical (unpaired) electrons. The van der Waals surface area contributed by atoms with Crippen molar-refractivity contribution in [1.82, 2.24) is 5.32 Å². The molecule has 1 aliphatic heterocycles. The number of halogens is 2. The van der Waals surface area contributed by atoms with E-state index in [0.29, 0.717) is 12.1 Å². The molecular formula is C14H18BrClN2. The van der Waals surface area contributed by atoms with E-state index in [2.05, 4.69) is 45.2 Å². The van der Waals surface area contributed by atoms with Crippen LogP contribution in [0.2, 0.25) is 5.02 Å². The van der Waals surface area contributed by atoms with Gasteiger partial charge in [0.1, 0.15) is 0 Å². The summed E-state index contributed by atoms with van der Waals surface area (Å²) in [5.41, 5.74) is 1.24. The molecule has 1 saturated heterocycles. The van der Waals surface area contributed by atoms with Crippen molar-refractivity contribution in [2.45, 2.75) is 31.8 Å². The van der Waals surface area contributed by atoms with Gasteiger partial charge in [-0.1, -0.05) is 11.6 Å². The number of anilines is 1. The molecule has 1 aliphatic carbocycles. The fraction of sp³-hybridized carbons (Fsp3) is 0.571. The highest BCUT2D eigenvalue weighted by molar-refractivity contribution is 9.10. The van der Waals surface area contributed by atoms with Crippen LogP contribution in [0.5, 0.6) is 0 Å². The van der Waals surface area contributed by atoms with E-state index in [0.717, 1.165) is 28.5 Å². The summed E-state index contributed by atoms with van der Waals surface area (Å²) in [6, 6.07) is 7.44. The molecule has 0 spiro atoms. The predicted octanol–water partition coefficient (Wildman–Crippen LogP) is 3.68. The average molecular weight is 330 g/mol. The van der Waals surface area contributed by atoms with Gasteiger partial charge in [0.2, 0.25) is 0 Å². The Morgan fingerprint density at radius 1 is 1.39 bits per heavy atom. The van der Waals surface area contributed by atoms with Gasteiger partial charge in [-0.3, -0.25) is 0 Å². The van der Waals surface area contributed by atoms with Crippen LogP contribution in [0, 0.1) is 5.92 Å². The van der Waals surface area contributed by atoms with Crippen LogP contribution in [0.1, 0.15) is 19.8 Å². The smallest absolute Gasteiger partial charge is 0.0568 e. The zero-order chi connectivity index (χ0) is 12.7. The first-order valence-electron chi connectivity index (χ1n) is 6.60. The first-order valence-corrected chi connectivity index (χ1v) is 7.77. The maximum absolute atomic E-state index is 6.20. The van der Waals surface area contributed by atoms with Crippen LogP contribution >= 0.6 is 27.5 Å². The van der Waals surface area contributed by atoms with E-state index in [1.807, 2.05) is 6.07 Å². The van der Waals surface area contributed by atoms with Gasteiger partial charge in [0.15, 0.2) is 0 Å². The van der Waals surface area contributed by atoms with Crippen molar-refractivity contribution in [3.05, 3.63) is 27.7 Å². The number of rotatable bonds is 2. The Bertz CT molecular complexity index is 447. The fourth-order valence-corrected chi connectivity index (χ4v) is 3.15. The van der Waals surface area contributed by atoms with Gasteiger partial charge in [0.25, 0.3) is 0 Å². The Balaban J connectivity index is 1.81. The Hall–Kier alpha value is -0.250. The molecule has 1 N–H and O–H groups in total. The van der Waals surface area contributed by atoms with Crippen LogP contribution in [0.3, 0.4) is 0 Å². The van der Waals surface area contributed by atoms with Gasteiger partial charge in [-0.05, 0) is 59.8 Å². The molecule has 1 aromatic rings. The molecule has 2 atom stereocenters. The minimum atomic E-state index is 0.525. The molecule has 0 bridgehead atoms. The van der Waals surface area contributed by atoms with Crippen LogP contribution < -0.4 is 10.2 Å². The third kappa shape index (κ3) is 2.54. The van der Waals surface area contributed by atoms with Crippen molar-refractivity contribution >= 4 is 33.2 Å². The molecule has 1 saturated carbocycles. The van der Waals surface area contributed by atoms with E-state index >= 15 is 0 Å². The molecule has 18 heavy (non-hydrogen) atoms. The van der Waals surface area contributed by atoms with Crippen molar-refractivity contribution in [2.24, 2.45) is 5.92 Å². The minimum Gasteiger partial charge on any atom is -0.366 e. The van der Waals surface area contributed by atoms with E-state index in [1.54, 1.807) is 0 Å². The monoisotopic (exact) mass is 328 g/mol. The number of hydrogen-bond acceptors (Lipinski definition) is 2. The van der Waals surface area contributed by atoms with Gasteiger partial charge >= 0.3 is 0 Å². The highest BCUT2D eigenvalue weighted by atomic mass is 79.9. The maximum Gasteiger partial charge on any atom is 0.0568 e. The molecule has 2 nitrogen and oxygen atoms in total. The van der Waals surface area contributed by atoms with Crippen LogP contribution in [0.4, 0.5) is 5.69 Å². The van der Waals surface area contributed by atoms with E-state index in [9.17, 15) is 0 Å². The number of nitrogens with zero attached hydrogens (tertiary/aromatic N) is 1. The SMILES string of the molecule is CC1CNC(C2CC2)CN1c1ccc(Br)c(Cl)c1. The topological polar surface area (TPSA) is 15.3 Å². The molecule has 1 heterocycles. The van der Waals surface area contributed by atoms with E-state index in [4.69, 9.17) is 11.6 Å². The summed E-state index contributed by atoms with van der Waals surface area (Å²) in [7, 11) is 0. The summed E-state index contributed by atoms with van der Waals surface area (Å²) < 4.78 is 0.967. The summed E-state index contributed by atoms with van der Waals surface area (Å²) in [5, 5.41) is 4.47. The lowest BCUT2D eigenvalue weighted by Gasteiger charge is -2.40. The lowest BCUT2D eigenvalue weighted by molar-refractivity contribution is 0.376. The van der Waals surface area contributed by atoms with Crippen LogP contribution in [0.25, 0.3) is 0 Å². The van der Waals surface area contributed by atoms with Crippen LogP contribution in [-0.2, 0) is 0 Å². The van der Waals surface area contributed by atoms with Gasteiger partial charge < -0.3 is 10.2 Å². The Kier molecular flexibility index (Phi) is 3.57. The van der Waals surface area contributed by atoms with Crippen molar-refractivity contribution in [3.63, 3.8) is 0 Å². The first kappa shape index (κ1) is 12.8. The lowest BCUT2D eigenvalue weighted by atomic mass is 10.1. The summed E-state index contributed by atoms with van der Waals surface area (Å²) >= 11 is 9.65. The van der Waals surface area contributed by atoms with Crippen LogP contribution in [-0.4, -0.2) is 25.2 Å². The molecule has 0 aromatic heterocycles. The second-order valence-electron chi connectivity index (χ2n) is 5.45. The largest absolute Gasteiger partial charge is 0.366 e. The average Bonchev–Trinajstić information content (AvgIpc) is 3.18. The molecule has 2 aliphatic rings. The second kappa shape index (κ2) is 5.03. The zero-order valence-electron chi connectivity index (χ0n) is 10.5. The van der Waals surface area contributed by atoms with Gasteiger partial charge in [-0.2, -0.15) is 0 Å². The molecular weight excluding hydrogens is 312 g/mol. The Labute approximate surface area is 122 Å². The molecule has 1 aromatic carbocycles. The third-order valence-electron chi connectivity index (χ3n) is 4.03. The third-order valence-corrected chi connectivity index (χ3v) is 5.26. The standard InChI is InChI=1S/C14H18BrClN2/c1-9-7-17-14(10-2-3-10)8-18(9)11-4-5-12(15)13(16)6-11/h4-6,9-10,14,17H,2-3,7-8H2,1H3. The summed E-state index contributed by atoms with van der Waals surface area (Å²) in [5.74, 6) is 0.894. The predicted molar refractivity (Wildman–Crippen MR) is 80.5 cm³/mol. The molecule has 0 amide bonds. The minimum absolute atomic E-state index is 0.525. The molecule has 98 valence electrons. The van der Waals surface area contributed by atoms with Crippen molar-refractivity contribution in [3.8, 4) is 0 Å². The number of piperazine rings is 1. The van der Waals surface area contributed by atoms with Gasteiger partial charge in [0, 0.05) is 35.3 Å². The highest BCUT2D eigenvalue weighted by Crippen LogP contribution is 2.36. The van der Waals surface area contributed by atoms with Crippen molar-refractivity contribution < 1.29 is 0 Å². The number of hydrogen-bond donors (Lipinski definition) is 1. The van der Waals surface area contributed by atoms with Crippen molar-refractivity contribution in [1.29, 1.82) is 0 Å². The molecule has 3 rings (SSSR count). The fourth-order valence-electron chi connectivity index (χ4n) is 2.73. The molecule has 4 heteroatoms. The van der Waals surface area contributed by atoms with Crippen molar-refractivity contribution in [2.75, 3.05) is 18.0 Å². The second-order valence-corrected chi connectivity index (χ2v) is 6.71. The van der Waals surface area contributed by atoms with Gasteiger partial charge in [0.05, 0.1) is 5.02 Å². The molecule has 2 fully saturated rings. The van der Waals surface area contributed by atoms with E-state index in [1.165, 1.54) is 18.5 Å². The summed E-state index contributed by atoms with van der Waals surface area (Å²) in [6.07, 6.45) is 2.78. The number of benzene rings is 1. The summed E-state index contributed by atoms with van der Waals surface area (Å²) in [4.78, 5) is 2.48. The van der Waals surface area contributed by atoms with Gasteiger partial charge in [-0.15, -0.1) is 0 Å². The molecule has 2 unspecified atom stereocenters. The van der Waals surface area contributed by atoms with E-state index < -0.39 is 0 Å². The maximum atomic E-state index is 6.20. The zero-order valence-corrected chi connectivity index (χ0v) is 12.8. The Morgan fingerprint density at radius 3 is 2.83 bits per heavy atom. The van der Waals surface area contributed by atoms with E-state index in [-0.39, 0.29) is 0 Å². The van der Waals surface area contributed by atoms with Crippen LogP contribution in [0.15, 0.2) is 22.7 Å². The normalized spacial score (nSPS) is 28.5.